The van der Waals surface area contributed by atoms with E-state index >= 15 is 0 Å². The van der Waals surface area contributed by atoms with E-state index in [4.69, 9.17) is 4.42 Å². The minimum absolute atomic E-state index is 0.125. The van der Waals surface area contributed by atoms with Crippen molar-refractivity contribution in [3.63, 3.8) is 0 Å². The number of ketones is 1. The number of carbonyl (C=O) groups excluding carboxylic acids is 1. The highest BCUT2D eigenvalue weighted by Crippen LogP contribution is 2.24. The third kappa shape index (κ3) is 2.31. The molecule has 0 aliphatic carbocycles. The zero-order valence-corrected chi connectivity index (χ0v) is 10.9. The summed E-state index contributed by atoms with van der Waals surface area (Å²) in [5.74, 6) is -3.00. The molecule has 0 radical (unpaired) electrons. The van der Waals surface area contributed by atoms with Crippen molar-refractivity contribution in [3.8, 4) is 0 Å². The van der Waals surface area contributed by atoms with Gasteiger partial charge in [0.1, 0.15) is 23.0 Å². The maximum Gasteiger partial charge on any atom is 0.231 e. The van der Waals surface area contributed by atoms with Gasteiger partial charge in [0, 0.05) is 11.5 Å². The van der Waals surface area contributed by atoms with Crippen molar-refractivity contribution in [1.82, 2.24) is 0 Å². The van der Waals surface area contributed by atoms with Crippen LogP contribution in [0.2, 0.25) is 0 Å². The SMILES string of the molecule is Cc1cc(C(=O)c2cc3cc(F)ccc3o2)c(F)cc1F. The summed E-state index contributed by atoms with van der Waals surface area (Å²) in [7, 11) is 0. The van der Waals surface area contributed by atoms with Gasteiger partial charge < -0.3 is 4.42 Å². The molecule has 0 unspecified atom stereocenters. The number of aryl methyl sites for hydroxylation is 1. The van der Waals surface area contributed by atoms with Gasteiger partial charge in [-0.1, -0.05) is 0 Å². The van der Waals surface area contributed by atoms with Crippen molar-refractivity contribution >= 4 is 16.8 Å². The number of hydrogen-bond acceptors (Lipinski definition) is 2. The maximum absolute atomic E-state index is 13.7. The first-order valence-corrected chi connectivity index (χ1v) is 6.15. The molecule has 0 bridgehead atoms. The molecule has 2 aromatic carbocycles. The lowest BCUT2D eigenvalue weighted by molar-refractivity contribution is 0.101. The fraction of sp³-hybridized carbons (Fsp3) is 0.0625. The van der Waals surface area contributed by atoms with E-state index in [0.717, 1.165) is 6.07 Å². The van der Waals surface area contributed by atoms with Crippen LogP contribution in [0.15, 0.2) is 40.8 Å². The predicted octanol–water partition coefficient (Wildman–Crippen LogP) is 4.39. The summed E-state index contributed by atoms with van der Waals surface area (Å²) in [6, 6.07) is 6.91. The van der Waals surface area contributed by atoms with Crippen LogP contribution in [0.3, 0.4) is 0 Å². The normalized spacial score (nSPS) is 11.0. The second-order valence-corrected chi connectivity index (χ2v) is 4.70. The molecular formula is C16H9F3O2. The molecule has 0 atom stereocenters. The van der Waals surface area contributed by atoms with Crippen molar-refractivity contribution in [2.24, 2.45) is 0 Å². The highest BCUT2D eigenvalue weighted by atomic mass is 19.1. The summed E-state index contributed by atoms with van der Waals surface area (Å²) in [6.45, 7) is 1.43. The van der Waals surface area contributed by atoms with E-state index in [2.05, 4.69) is 0 Å². The number of rotatable bonds is 2. The van der Waals surface area contributed by atoms with Crippen LogP contribution in [0.4, 0.5) is 13.2 Å². The zero-order valence-electron chi connectivity index (χ0n) is 10.9. The van der Waals surface area contributed by atoms with Crippen LogP contribution in [-0.4, -0.2) is 5.78 Å². The molecule has 0 amide bonds. The summed E-state index contributed by atoms with van der Waals surface area (Å²) in [4.78, 5) is 12.2. The minimum Gasteiger partial charge on any atom is -0.453 e. The lowest BCUT2D eigenvalue weighted by atomic mass is 10.0. The van der Waals surface area contributed by atoms with E-state index in [1.807, 2.05) is 0 Å². The largest absolute Gasteiger partial charge is 0.453 e. The molecular weight excluding hydrogens is 281 g/mol. The number of halogens is 3. The van der Waals surface area contributed by atoms with Gasteiger partial charge in [-0.2, -0.15) is 0 Å². The van der Waals surface area contributed by atoms with E-state index in [1.54, 1.807) is 0 Å². The van der Waals surface area contributed by atoms with Gasteiger partial charge in [0.15, 0.2) is 5.76 Å². The minimum atomic E-state index is -0.963. The second-order valence-electron chi connectivity index (χ2n) is 4.70. The van der Waals surface area contributed by atoms with Crippen LogP contribution in [0.5, 0.6) is 0 Å². The third-order valence-electron chi connectivity index (χ3n) is 3.20. The van der Waals surface area contributed by atoms with E-state index in [1.165, 1.54) is 31.2 Å². The van der Waals surface area contributed by atoms with Crippen LogP contribution in [-0.2, 0) is 0 Å². The summed E-state index contributed by atoms with van der Waals surface area (Å²) in [5, 5.41) is 0.401. The smallest absolute Gasteiger partial charge is 0.231 e. The van der Waals surface area contributed by atoms with E-state index in [9.17, 15) is 18.0 Å². The van der Waals surface area contributed by atoms with Gasteiger partial charge in [-0.15, -0.1) is 0 Å². The van der Waals surface area contributed by atoms with Crippen LogP contribution in [0.1, 0.15) is 21.7 Å². The first-order chi connectivity index (χ1) is 9.95. The number of hydrogen-bond donors (Lipinski definition) is 0. The Hall–Kier alpha value is -2.56. The molecule has 5 heteroatoms. The molecule has 0 spiro atoms. The molecule has 21 heavy (non-hydrogen) atoms. The second kappa shape index (κ2) is 4.77. The first kappa shape index (κ1) is 13.4. The number of furan rings is 1. The summed E-state index contributed by atoms with van der Waals surface area (Å²) in [6.07, 6.45) is 0. The van der Waals surface area contributed by atoms with Gasteiger partial charge in [0.2, 0.25) is 5.78 Å². The van der Waals surface area contributed by atoms with E-state index in [-0.39, 0.29) is 16.9 Å². The highest BCUT2D eigenvalue weighted by molar-refractivity contribution is 6.09. The molecule has 0 aliphatic rings. The van der Waals surface area contributed by atoms with Crippen LogP contribution in [0, 0.1) is 24.4 Å². The Balaban J connectivity index is 2.10. The van der Waals surface area contributed by atoms with Crippen molar-refractivity contribution in [2.45, 2.75) is 6.92 Å². The molecule has 0 saturated carbocycles. The van der Waals surface area contributed by atoms with Gasteiger partial charge >= 0.3 is 0 Å². The Bertz CT molecular complexity index is 865. The van der Waals surface area contributed by atoms with Gasteiger partial charge in [-0.25, -0.2) is 13.2 Å². The summed E-state index contributed by atoms with van der Waals surface area (Å²) in [5.41, 5.74) is 0.189. The average Bonchev–Trinajstić information content (AvgIpc) is 2.85. The monoisotopic (exact) mass is 290 g/mol. The average molecular weight is 290 g/mol. The van der Waals surface area contributed by atoms with Crippen molar-refractivity contribution in [3.05, 3.63) is 70.7 Å². The fourth-order valence-corrected chi connectivity index (χ4v) is 2.09. The quantitative estimate of drug-likeness (QED) is 0.655. The Kier molecular flexibility index (Phi) is 3.05. The first-order valence-electron chi connectivity index (χ1n) is 6.15. The van der Waals surface area contributed by atoms with E-state index in [0.29, 0.717) is 17.0 Å². The van der Waals surface area contributed by atoms with Gasteiger partial charge in [-0.05, 0) is 42.8 Å². The van der Waals surface area contributed by atoms with Gasteiger partial charge in [0.05, 0.1) is 5.56 Å². The molecule has 106 valence electrons. The Labute approximate surface area is 117 Å². The molecule has 1 aromatic heterocycles. The molecule has 0 N–H and O–H groups in total. The lowest BCUT2D eigenvalue weighted by Crippen LogP contribution is -2.04. The summed E-state index contributed by atoms with van der Waals surface area (Å²) >= 11 is 0. The van der Waals surface area contributed by atoms with Gasteiger partial charge in [-0.3, -0.25) is 4.79 Å². The molecule has 2 nitrogen and oxygen atoms in total. The third-order valence-corrected chi connectivity index (χ3v) is 3.20. The molecule has 1 heterocycles. The zero-order chi connectivity index (χ0) is 15.1. The van der Waals surface area contributed by atoms with Crippen LogP contribution in [0.25, 0.3) is 11.0 Å². The fourth-order valence-electron chi connectivity index (χ4n) is 2.09. The van der Waals surface area contributed by atoms with Crippen molar-refractivity contribution < 1.29 is 22.4 Å². The molecule has 0 fully saturated rings. The predicted molar refractivity (Wildman–Crippen MR) is 70.7 cm³/mol. The van der Waals surface area contributed by atoms with Crippen LogP contribution < -0.4 is 0 Å². The maximum atomic E-state index is 13.7. The highest BCUT2D eigenvalue weighted by Gasteiger charge is 2.20. The van der Waals surface area contributed by atoms with Crippen molar-refractivity contribution in [2.75, 3.05) is 0 Å². The van der Waals surface area contributed by atoms with Crippen molar-refractivity contribution in [1.29, 1.82) is 0 Å². The van der Waals surface area contributed by atoms with E-state index < -0.39 is 23.2 Å². The van der Waals surface area contributed by atoms with Gasteiger partial charge in [0.25, 0.3) is 0 Å². The Morgan fingerprint density at radius 1 is 1.00 bits per heavy atom. The lowest BCUT2D eigenvalue weighted by Gasteiger charge is -2.03. The topological polar surface area (TPSA) is 30.2 Å². The Morgan fingerprint density at radius 3 is 2.52 bits per heavy atom. The molecule has 0 saturated heterocycles. The number of carbonyl (C=O) groups is 1. The standard InChI is InChI=1S/C16H9F3O2/c1-8-4-11(13(19)7-12(8)18)16(20)15-6-9-5-10(17)2-3-14(9)21-15/h2-7H,1H3. The van der Waals surface area contributed by atoms with Crippen LogP contribution >= 0.6 is 0 Å². The Morgan fingerprint density at radius 2 is 1.76 bits per heavy atom. The molecule has 3 rings (SSSR count). The number of benzene rings is 2. The molecule has 0 aliphatic heterocycles. The number of fused-ring (bicyclic) bond motifs is 1. The summed E-state index contributed by atoms with van der Waals surface area (Å²) < 4.78 is 45.3. The molecule has 3 aromatic rings.